The molecule has 2 amide bonds. The van der Waals surface area contributed by atoms with Crippen LogP contribution in [0.3, 0.4) is 0 Å². The number of fused-ring (bicyclic) bond motifs is 6. The average Bonchev–Trinajstić information content (AvgIpc) is 2.99. The van der Waals surface area contributed by atoms with Gasteiger partial charge < -0.3 is 24.4 Å². The van der Waals surface area contributed by atoms with Crippen LogP contribution in [0.1, 0.15) is 49.9 Å². The Kier molecular flexibility index (Phi) is 7.24. The first kappa shape index (κ1) is 26.3. The Morgan fingerprint density at radius 2 is 1.93 bits per heavy atom. The van der Waals surface area contributed by atoms with Crippen molar-refractivity contribution >= 4 is 11.8 Å². The van der Waals surface area contributed by atoms with Gasteiger partial charge in [-0.1, -0.05) is 24.3 Å². The van der Waals surface area contributed by atoms with Crippen LogP contribution in [-0.2, 0) is 6.42 Å². The number of benzene rings is 3. The molecule has 4 heterocycles. The molecular weight excluding hydrogens is 525 g/mol. The number of methoxy groups -OCH3 is 1. The third-order valence-electron chi connectivity index (χ3n) is 7.27. The Morgan fingerprint density at radius 1 is 1.05 bits per heavy atom. The number of amides is 2. The predicted octanol–water partition coefficient (Wildman–Crippen LogP) is 5.32. The van der Waals surface area contributed by atoms with Crippen LogP contribution in [0, 0.1) is 5.82 Å². The van der Waals surface area contributed by atoms with E-state index in [1.807, 2.05) is 42.5 Å². The number of rotatable bonds is 2. The highest BCUT2D eigenvalue weighted by Crippen LogP contribution is 2.40. The molecule has 3 aliphatic rings. The van der Waals surface area contributed by atoms with Gasteiger partial charge in [0, 0.05) is 19.3 Å². The standard InChI is InChI=1S/C32H28FN3O5/c1-39-28-8-3-7-27(33)29(28)32(38)36-13-11-20-15-24-9-10-26(20)30(36)21-5-2-6-23(16-21)40-14-4-12-35-31(37)22-17-25(41-24)19-34-18-22/h2-3,5-10,15-19,30H,4,11-14H2,1H3,(H,35,37). The number of carbonyl (C=O) groups excluding carboxylic acids is 2. The zero-order valence-electron chi connectivity index (χ0n) is 22.4. The number of halogens is 1. The lowest BCUT2D eigenvalue weighted by Crippen LogP contribution is -2.41. The molecule has 3 aliphatic heterocycles. The van der Waals surface area contributed by atoms with Gasteiger partial charge in [0.2, 0.25) is 0 Å². The summed E-state index contributed by atoms with van der Waals surface area (Å²) < 4.78 is 32.5. The highest BCUT2D eigenvalue weighted by atomic mass is 19.1. The van der Waals surface area contributed by atoms with Gasteiger partial charge in [-0.2, -0.15) is 0 Å². The summed E-state index contributed by atoms with van der Waals surface area (Å²) in [5.74, 6) is 0.503. The molecule has 41 heavy (non-hydrogen) atoms. The fourth-order valence-electron chi connectivity index (χ4n) is 5.35. The van der Waals surface area contributed by atoms with Gasteiger partial charge in [0.25, 0.3) is 11.8 Å². The molecular formula is C32H28FN3O5. The Bertz CT molecular complexity index is 1620. The van der Waals surface area contributed by atoms with Crippen molar-refractivity contribution in [3.8, 4) is 23.0 Å². The molecule has 1 N–H and O–H groups in total. The number of ether oxygens (including phenoxy) is 3. The van der Waals surface area contributed by atoms with Crippen molar-refractivity contribution in [1.29, 1.82) is 0 Å². The number of hydrogen-bond acceptors (Lipinski definition) is 6. The summed E-state index contributed by atoms with van der Waals surface area (Å²) in [5.41, 5.74) is 3.02. The normalized spacial score (nSPS) is 16.5. The number of hydrogen-bond donors (Lipinski definition) is 1. The molecule has 8 bridgehead atoms. The van der Waals surface area contributed by atoms with E-state index >= 15 is 4.39 Å². The summed E-state index contributed by atoms with van der Waals surface area (Å²) in [6.07, 6.45) is 4.17. The molecule has 9 heteroatoms. The second-order valence-corrected chi connectivity index (χ2v) is 9.87. The lowest BCUT2D eigenvalue weighted by Gasteiger charge is -2.38. The quantitative estimate of drug-likeness (QED) is 0.361. The Hall–Kier alpha value is -4.92. The van der Waals surface area contributed by atoms with Crippen LogP contribution in [0.4, 0.5) is 4.39 Å². The minimum atomic E-state index is -0.635. The van der Waals surface area contributed by atoms with Crippen molar-refractivity contribution in [3.63, 3.8) is 0 Å². The van der Waals surface area contributed by atoms with Crippen LogP contribution in [0.15, 0.2) is 79.1 Å². The Labute approximate surface area is 236 Å². The van der Waals surface area contributed by atoms with Gasteiger partial charge in [-0.15, -0.1) is 0 Å². The van der Waals surface area contributed by atoms with Crippen molar-refractivity contribution in [3.05, 3.63) is 113 Å². The lowest BCUT2D eigenvalue weighted by molar-refractivity contribution is 0.0685. The van der Waals surface area contributed by atoms with Crippen molar-refractivity contribution in [2.45, 2.75) is 18.9 Å². The molecule has 8 nitrogen and oxygen atoms in total. The van der Waals surface area contributed by atoms with Gasteiger partial charge in [0.1, 0.15) is 34.4 Å². The SMILES string of the molecule is COc1cccc(F)c1C(=O)N1CCc2cc3ccc2C1c1cccc(c1)OCCCNC(=O)c1cncc(c1)O3. The van der Waals surface area contributed by atoms with Gasteiger partial charge in [0.15, 0.2) is 0 Å². The van der Waals surface area contributed by atoms with Crippen molar-refractivity contribution in [2.24, 2.45) is 0 Å². The average molecular weight is 554 g/mol. The van der Waals surface area contributed by atoms with Crippen LogP contribution in [0.5, 0.6) is 23.0 Å². The maximum Gasteiger partial charge on any atom is 0.261 e. The van der Waals surface area contributed by atoms with E-state index in [1.54, 1.807) is 23.2 Å². The largest absolute Gasteiger partial charge is 0.496 e. The first-order valence-electron chi connectivity index (χ1n) is 13.4. The van der Waals surface area contributed by atoms with Crippen molar-refractivity contribution in [1.82, 2.24) is 15.2 Å². The third-order valence-corrected chi connectivity index (χ3v) is 7.27. The minimum absolute atomic E-state index is 0.0975. The smallest absolute Gasteiger partial charge is 0.261 e. The maximum absolute atomic E-state index is 15.0. The van der Waals surface area contributed by atoms with Crippen molar-refractivity contribution < 1.29 is 28.2 Å². The molecule has 3 aromatic carbocycles. The van der Waals surface area contributed by atoms with E-state index < -0.39 is 17.8 Å². The molecule has 1 unspecified atom stereocenters. The molecule has 1 atom stereocenters. The molecule has 0 spiro atoms. The van der Waals surface area contributed by atoms with Crippen molar-refractivity contribution in [2.75, 3.05) is 26.8 Å². The van der Waals surface area contributed by atoms with Crippen LogP contribution < -0.4 is 19.5 Å². The van der Waals surface area contributed by atoms with Gasteiger partial charge in [0.05, 0.1) is 31.5 Å². The highest BCUT2D eigenvalue weighted by molar-refractivity contribution is 5.98. The Morgan fingerprint density at radius 3 is 2.80 bits per heavy atom. The van der Waals surface area contributed by atoms with Gasteiger partial charge in [-0.05, 0) is 72.0 Å². The topological polar surface area (TPSA) is 90.0 Å². The number of pyridine rings is 1. The summed E-state index contributed by atoms with van der Waals surface area (Å²) in [6.45, 7) is 1.15. The summed E-state index contributed by atoms with van der Waals surface area (Å²) >= 11 is 0. The van der Waals surface area contributed by atoms with Crippen LogP contribution in [-0.4, -0.2) is 48.5 Å². The van der Waals surface area contributed by atoms with Gasteiger partial charge in [-0.25, -0.2) is 4.39 Å². The summed E-state index contributed by atoms with van der Waals surface area (Å²) in [4.78, 5) is 32.4. The number of aromatic nitrogens is 1. The minimum Gasteiger partial charge on any atom is -0.496 e. The van der Waals surface area contributed by atoms with E-state index in [1.165, 1.54) is 25.4 Å². The van der Waals surface area contributed by atoms with E-state index in [2.05, 4.69) is 10.3 Å². The molecule has 0 aliphatic carbocycles. The maximum atomic E-state index is 15.0. The Balaban J connectivity index is 1.45. The number of carbonyl (C=O) groups is 2. The first-order chi connectivity index (χ1) is 20.0. The fraction of sp³-hybridized carbons (Fsp3) is 0.219. The first-order valence-corrected chi connectivity index (χ1v) is 13.4. The van der Waals surface area contributed by atoms with Gasteiger partial charge in [-0.3, -0.25) is 14.6 Å². The zero-order valence-corrected chi connectivity index (χ0v) is 22.4. The second-order valence-electron chi connectivity index (χ2n) is 9.87. The van der Waals surface area contributed by atoms with Gasteiger partial charge >= 0.3 is 0 Å². The summed E-state index contributed by atoms with van der Waals surface area (Å²) in [5, 5.41) is 2.88. The molecule has 7 rings (SSSR count). The monoisotopic (exact) mass is 553 g/mol. The number of nitrogens with zero attached hydrogens (tertiary/aromatic N) is 2. The van der Waals surface area contributed by atoms with Crippen LogP contribution in [0.25, 0.3) is 0 Å². The molecule has 1 aromatic heterocycles. The van der Waals surface area contributed by atoms with Crippen LogP contribution >= 0.6 is 0 Å². The summed E-state index contributed by atoms with van der Waals surface area (Å²) in [6, 6.07) is 18.8. The molecule has 0 radical (unpaired) electrons. The number of nitrogens with one attached hydrogen (secondary N) is 1. The highest BCUT2D eigenvalue weighted by Gasteiger charge is 2.35. The van der Waals surface area contributed by atoms with Crippen LogP contribution in [0.2, 0.25) is 0 Å². The van der Waals surface area contributed by atoms with E-state index in [0.717, 1.165) is 16.7 Å². The predicted molar refractivity (Wildman–Crippen MR) is 149 cm³/mol. The third kappa shape index (κ3) is 5.30. The van der Waals surface area contributed by atoms with E-state index in [4.69, 9.17) is 14.2 Å². The second kappa shape index (κ2) is 11.3. The van der Waals surface area contributed by atoms with E-state index in [9.17, 15) is 9.59 Å². The van der Waals surface area contributed by atoms with E-state index in [-0.39, 0.29) is 17.2 Å². The molecule has 0 saturated heterocycles. The molecule has 0 saturated carbocycles. The molecule has 4 aromatic rings. The lowest BCUT2D eigenvalue weighted by atomic mass is 9.87. The van der Waals surface area contributed by atoms with E-state index in [0.29, 0.717) is 55.4 Å². The summed E-state index contributed by atoms with van der Waals surface area (Å²) in [7, 11) is 1.42. The molecule has 0 fully saturated rings. The molecule has 208 valence electrons. The fourth-order valence-corrected chi connectivity index (χ4v) is 5.35. The zero-order chi connectivity index (χ0) is 28.3.